The molecule has 1 aromatic carbocycles. The lowest BCUT2D eigenvalue weighted by Gasteiger charge is -2.12. The number of ketones is 1. The Morgan fingerprint density at radius 2 is 2.20 bits per heavy atom. The van der Waals surface area contributed by atoms with Gasteiger partial charge in [0, 0.05) is 6.42 Å². The normalized spacial score (nSPS) is 11.5. The predicted octanol–water partition coefficient (Wildman–Crippen LogP) is 2.68. The van der Waals surface area contributed by atoms with Gasteiger partial charge in [-0.25, -0.2) is 0 Å². The molecule has 0 aromatic heterocycles. The molecule has 0 aliphatic rings. The highest BCUT2D eigenvalue weighted by Gasteiger charge is 2.11. The van der Waals surface area contributed by atoms with Crippen LogP contribution in [0.3, 0.4) is 0 Å². The van der Waals surface area contributed by atoms with Crippen molar-refractivity contribution in [1.82, 2.24) is 0 Å². The van der Waals surface area contributed by atoms with Gasteiger partial charge in [0.15, 0.2) is 11.9 Å². The van der Waals surface area contributed by atoms with Crippen molar-refractivity contribution in [3.63, 3.8) is 0 Å². The second kappa shape index (κ2) is 5.21. The molecule has 1 rings (SSSR count). The van der Waals surface area contributed by atoms with E-state index in [2.05, 4.69) is 5.92 Å². The highest BCUT2D eigenvalue weighted by Crippen LogP contribution is 2.20. The molecular weight excluding hydrogens is 188 g/mol. The van der Waals surface area contributed by atoms with E-state index in [0.29, 0.717) is 17.7 Å². The number of ether oxygens (including phenoxy) is 1. The van der Waals surface area contributed by atoms with Gasteiger partial charge < -0.3 is 4.74 Å². The number of carbonyl (C=O) groups excluding carboxylic acids is 1. The van der Waals surface area contributed by atoms with E-state index in [1.54, 1.807) is 19.1 Å². The highest BCUT2D eigenvalue weighted by atomic mass is 16.5. The van der Waals surface area contributed by atoms with Gasteiger partial charge in [0.05, 0.1) is 5.56 Å². The summed E-state index contributed by atoms with van der Waals surface area (Å²) in [6.07, 6.45) is 5.36. The minimum atomic E-state index is -0.323. The second-order valence-electron chi connectivity index (χ2n) is 3.20. The minimum absolute atomic E-state index is 0.0646. The number of hydrogen-bond donors (Lipinski definition) is 0. The Balaban J connectivity index is 2.97. The van der Waals surface area contributed by atoms with Gasteiger partial charge in [-0.05, 0) is 19.1 Å². The largest absolute Gasteiger partial charge is 0.477 e. The van der Waals surface area contributed by atoms with Crippen LogP contribution in [0.5, 0.6) is 5.75 Å². The third kappa shape index (κ3) is 2.85. The van der Waals surface area contributed by atoms with E-state index in [9.17, 15) is 4.79 Å². The molecular formula is C13H14O2. The van der Waals surface area contributed by atoms with E-state index >= 15 is 0 Å². The van der Waals surface area contributed by atoms with Gasteiger partial charge >= 0.3 is 0 Å². The van der Waals surface area contributed by atoms with Crippen LogP contribution in [-0.2, 0) is 0 Å². The number of hydrogen-bond acceptors (Lipinski definition) is 2. The smallest absolute Gasteiger partial charge is 0.166 e. The van der Waals surface area contributed by atoms with E-state index in [1.165, 1.54) is 0 Å². The summed E-state index contributed by atoms with van der Waals surface area (Å²) < 4.78 is 5.46. The van der Waals surface area contributed by atoms with Crippen LogP contribution in [0.25, 0.3) is 0 Å². The summed E-state index contributed by atoms with van der Waals surface area (Å²) in [7, 11) is 0. The molecule has 0 fully saturated rings. The maximum atomic E-state index is 11.6. The Bertz CT molecular complexity index is 388. The third-order valence-electron chi connectivity index (χ3n) is 2.05. The van der Waals surface area contributed by atoms with Crippen molar-refractivity contribution < 1.29 is 9.53 Å². The fraction of sp³-hybridized carbons (Fsp3) is 0.308. The summed E-state index contributed by atoms with van der Waals surface area (Å²) in [5, 5.41) is 0. The van der Waals surface area contributed by atoms with Crippen LogP contribution in [-0.4, -0.2) is 11.9 Å². The van der Waals surface area contributed by atoms with E-state index in [0.717, 1.165) is 0 Å². The Morgan fingerprint density at radius 3 is 2.80 bits per heavy atom. The van der Waals surface area contributed by atoms with Crippen molar-refractivity contribution in [3.05, 3.63) is 29.8 Å². The Hall–Kier alpha value is -1.75. The van der Waals surface area contributed by atoms with Gasteiger partial charge in [-0.2, -0.15) is 0 Å². The molecule has 0 saturated heterocycles. The standard InChI is InChI=1S/C13H14O2/c1-4-10(3)15-13-9-7-6-8-11(13)12(14)5-2/h1,6-10H,5H2,2-3H3. The van der Waals surface area contributed by atoms with Gasteiger partial charge in [0.25, 0.3) is 0 Å². The van der Waals surface area contributed by atoms with Gasteiger partial charge in [-0.1, -0.05) is 25.0 Å². The zero-order valence-electron chi connectivity index (χ0n) is 8.99. The molecule has 78 valence electrons. The molecule has 0 radical (unpaired) electrons. The molecule has 1 aromatic rings. The van der Waals surface area contributed by atoms with Crippen molar-refractivity contribution >= 4 is 5.78 Å². The average Bonchev–Trinajstić information content (AvgIpc) is 2.28. The highest BCUT2D eigenvalue weighted by molar-refractivity contribution is 5.98. The molecule has 0 saturated carbocycles. The summed E-state index contributed by atoms with van der Waals surface area (Å²) >= 11 is 0. The molecule has 1 unspecified atom stereocenters. The number of rotatable bonds is 4. The maximum Gasteiger partial charge on any atom is 0.166 e. The first kappa shape index (κ1) is 11.3. The Kier molecular flexibility index (Phi) is 3.93. The second-order valence-corrected chi connectivity index (χ2v) is 3.20. The quantitative estimate of drug-likeness (QED) is 0.554. The van der Waals surface area contributed by atoms with Crippen molar-refractivity contribution in [2.75, 3.05) is 0 Å². The van der Waals surface area contributed by atoms with Crippen LogP contribution in [0.4, 0.5) is 0 Å². The minimum Gasteiger partial charge on any atom is -0.477 e. The molecule has 0 bridgehead atoms. The monoisotopic (exact) mass is 202 g/mol. The molecule has 2 heteroatoms. The van der Waals surface area contributed by atoms with Crippen LogP contribution in [0.1, 0.15) is 30.6 Å². The number of benzene rings is 1. The molecule has 0 heterocycles. The summed E-state index contributed by atoms with van der Waals surface area (Å²) in [5.41, 5.74) is 0.599. The average molecular weight is 202 g/mol. The van der Waals surface area contributed by atoms with E-state index in [4.69, 9.17) is 11.2 Å². The number of carbonyl (C=O) groups is 1. The molecule has 15 heavy (non-hydrogen) atoms. The maximum absolute atomic E-state index is 11.6. The predicted molar refractivity (Wildman–Crippen MR) is 60.0 cm³/mol. The SMILES string of the molecule is C#CC(C)Oc1ccccc1C(=O)CC. The van der Waals surface area contributed by atoms with Crippen LogP contribution in [0, 0.1) is 12.3 Å². The molecule has 0 aliphatic carbocycles. The van der Waals surface area contributed by atoms with E-state index in [-0.39, 0.29) is 11.9 Å². The van der Waals surface area contributed by atoms with E-state index in [1.807, 2.05) is 19.1 Å². The van der Waals surface area contributed by atoms with Crippen molar-refractivity contribution in [1.29, 1.82) is 0 Å². The summed E-state index contributed by atoms with van der Waals surface area (Å²) in [4.78, 5) is 11.6. The lowest BCUT2D eigenvalue weighted by Crippen LogP contribution is -2.11. The van der Waals surface area contributed by atoms with Gasteiger partial charge in [0.2, 0.25) is 0 Å². The first-order valence-electron chi connectivity index (χ1n) is 4.94. The van der Waals surface area contributed by atoms with Crippen LogP contribution < -0.4 is 4.74 Å². The van der Waals surface area contributed by atoms with E-state index < -0.39 is 0 Å². The van der Waals surface area contributed by atoms with Crippen molar-refractivity contribution in [2.24, 2.45) is 0 Å². The van der Waals surface area contributed by atoms with Gasteiger partial charge in [-0.3, -0.25) is 4.79 Å². The first-order valence-corrected chi connectivity index (χ1v) is 4.94. The molecule has 1 atom stereocenters. The summed E-state index contributed by atoms with van der Waals surface area (Å²) in [5.74, 6) is 3.09. The zero-order chi connectivity index (χ0) is 11.3. The fourth-order valence-corrected chi connectivity index (χ4v) is 1.21. The summed E-state index contributed by atoms with van der Waals surface area (Å²) in [6, 6.07) is 7.16. The summed E-state index contributed by atoms with van der Waals surface area (Å²) in [6.45, 7) is 3.59. The third-order valence-corrected chi connectivity index (χ3v) is 2.05. The molecule has 0 N–H and O–H groups in total. The van der Waals surface area contributed by atoms with Crippen LogP contribution in [0.15, 0.2) is 24.3 Å². The number of para-hydroxylation sites is 1. The number of terminal acetylenes is 1. The fourth-order valence-electron chi connectivity index (χ4n) is 1.21. The first-order chi connectivity index (χ1) is 7.19. The lowest BCUT2D eigenvalue weighted by atomic mass is 10.1. The Labute approximate surface area is 90.3 Å². The van der Waals surface area contributed by atoms with Gasteiger partial charge in [-0.15, -0.1) is 6.42 Å². The van der Waals surface area contributed by atoms with Gasteiger partial charge in [0.1, 0.15) is 5.75 Å². The molecule has 2 nitrogen and oxygen atoms in total. The molecule has 0 aliphatic heterocycles. The zero-order valence-corrected chi connectivity index (χ0v) is 8.99. The molecule has 0 amide bonds. The van der Waals surface area contributed by atoms with Crippen LogP contribution >= 0.6 is 0 Å². The topological polar surface area (TPSA) is 26.3 Å². The Morgan fingerprint density at radius 1 is 1.53 bits per heavy atom. The molecule has 0 spiro atoms. The van der Waals surface area contributed by atoms with Crippen molar-refractivity contribution in [3.8, 4) is 18.1 Å². The van der Waals surface area contributed by atoms with Crippen molar-refractivity contribution in [2.45, 2.75) is 26.4 Å². The number of Topliss-reactive ketones (excluding diaryl/α,β-unsaturated/α-hetero) is 1. The van der Waals surface area contributed by atoms with Crippen LogP contribution in [0.2, 0.25) is 0 Å². The lowest BCUT2D eigenvalue weighted by molar-refractivity contribution is 0.0983.